The molecule has 0 unspecified atom stereocenters. The van der Waals surface area contributed by atoms with Crippen LogP contribution < -0.4 is 20.6 Å². The lowest BCUT2D eigenvalue weighted by Crippen LogP contribution is -2.17. The van der Waals surface area contributed by atoms with E-state index in [4.69, 9.17) is 15.2 Å². The van der Waals surface area contributed by atoms with Gasteiger partial charge in [-0.1, -0.05) is 12.7 Å². The number of halogens is 1. The van der Waals surface area contributed by atoms with Crippen molar-refractivity contribution in [3.8, 4) is 11.5 Å². The largest absolute Gasteiger partial charge is 0.493 e. The minimum absolute atomic E-state index is 0.349. The van der Waals surface area contributed by atoms with Crippen molar-refractivity contribution >= 4 is 55.4 Å². The summed E-state index contributed by atoms with van der Waals surface area (Å²) in [6.07, 6.45) is 4.53. The summed E-state index contributed by atoms with van der Waals surface area (Å²) in [5.74, 6) is 1.09. The Balaban J connectivity index is 1.78. The van der Waals surface area contributed by atoms with E-state index >= 15 is 0 Å². The molecule has 2 heterocycles. The number of carbonyl (C=O) groups excluding carboxylic acids is 1. The third-order valence-electron chi connectivity index (χ3n) is 3.94. The first-order chi connectivity index (χ1) is 14.0. The second-order valence-corrected chi connectivity index (χ2v) is 7.68. The summed E-state index contributed by atoms with van der Waals surface area (Å²) in [5, 5.41) is 4.73. The molecule has 0 fully saturated rings. The molecule has 0 bridgehead atoms. The molecule has 3 N–H and O–H groups in total. The quantitative estimate of drug-likeness (QED) is 0.306. The van der Waals surface area contributed by atoms with Crippen molar-refractivity contribution in [2.45, 2.75) is 6.92 Å². The predicted octanol–water partition coefficient (Wildman–Crippen LogP) is 3.68. The number of carbonyl (C=O) groups is 1. The van der Waals surface area contributed by atoms with Crippen molar-refractivity contribution in [3.05, 3.63) is 51.6 Å². The highest BCUT2D eigenvalue weighted by Gasteiger charge is 2.18. The summed E-state index contributed by atoms with van der Waals surface area (Å²) < 4.78 is 11.6. The Morgan fingerprint density at radius 2 is 2.24 bits per heavy atom. The minimum atomic E-state index is -0.349. The summed E-state index contributed by atoms with van der Waals surface area (Å²) >= 11 is 4.69. The van der Waals surface area contributed by atoms with Gasteiger partial charge in [0.25, 0.3) is 5.91 Å². The SMILES string of the molecule is C=CCOc1c(Br)cc(/C=N\NC(=O)c2sc3ncnc(N)c3c2C)cc1OC. The molecule has 0 saturated heterocycles. The summed E-state index contributed by atoms with van der Waals surface area (Å²) in [6.45, 7) is 5.78. The zero-order valence-corrected chi connectivity index (χ0v) is 18.1. The van der Waals surface area contributed by atoms with E-state index in [1.165, 1.54) is 23.9 Å². The molecule has 0 radical (unpaired) electrons. The molecule has 3 rings (SSSR count). The van der Waals surface area contributed by atoms with Gasteiger partial charge in [-0.3, -0.25) is 4.79 Å². The molecule has 150 valence electrons. The van der Waals surface area contributed by atoms with Crippen LogP contribution in [0.5, 0.6) is 11.5 Å². The van der Waals surface area contributed by atoms with Crippen LogP contribution in [-0.2, 0) is 0 Å². The number of hydrogen-bond donors (Lipinski definition) is 2. The topological polar surface area (TPSA) is 112 Å². The number of nitrogens with two attached hydrogens (primary N) is 1. The number of anilines is 1. The van der Waals surface area contributed by atoms with Crippen LogP contribution >= 0.6 is 27.3 Å². The molecule has 0 aliphatic heterocycles. The maximum Gasteiger partial charge on any atom is 0.281 e. The number of nitrogen functional groups attached to an aromatic ring is 1. The number of methoxy groups -OCH3 is 1. The summed E-state index contributed by atoms with van der Waals surface area (Å²) in [5.41, 5.74) is 9.86. The molecule has 29 heavy (non-hydrogen) atoms. The second kappa shape index (κ2) is 9.01. The molecule has 3 aromatic rings. The lowest BCUT2D eigenvalue weighted by Gasteiger charge is -2.12. The third kappa shape index (κ3) is 4.38. The van der Waals surface area contributed by atoms with E-state index in [9.17, 15) is 4.79 Å². The molecular formula is C19H18BrN5O3S. The van der Waals surface area contributed by atoms with E-state index < -0.39 is 0 Å². The number of rotatable bonds is 7. The molecule has 1 aromatic carbocycles. The first-order valence-corrected chi connectivity index (χ1v) is 10.0. The Kier molecular flexibility index (Phi) is 6.45. The highest BCUT2D eigenvalue weighted by atomic mass is 79.9. The van der Waals surface area contributed by atoms with Crippen LogP contribution in [-0.4, -0.2) is 35.8 Å². The number of hydrogen-bond acceptors (Lipinski definition) is 8. The van der Waals surface area contributed by atoms with Crippen molar-refractivity contribution in [3.63, 3.8) is 0 Å². The van der Waals surface area contributed by atoms with Crippen LogP contribution in [0.15, 0.2) is 40.7 Å². The molecule has 1 amide bonds. The maximum atomic E-state index is 12.5. The smallest absolute Gasteiger partial charge is 0.281 e. The first-order valence-electron chi connectivity index (χ1n) is 8.40. The number of aromatic nitrogens is 2. The van der Waals surface area contributed by atoms with Gasteiger partial charge in [-0.2, -0.15) is 5.10 Å². The summed E-state index contributed by atoms with van der Waals surface area (Å²) in [7, 11) is 1.55. The van der Waals surface area contributed by atoms with Gasteiger partial charge in [-0.25, -0.2) is 15.4 Å². The zero-order chi connectivity index (χ0) is 21.0. The molecular weight excluding hydrogens is 458 g/mol. The number of thiophene rings is 1. The number of nitrogens with one attached hydrogen (secondary N) is 1. The van der Waals surface area contributed by atoms with E-state index in [1.54, 1.807) is 32.2 Å². The lowest BCUT2D eigenvalue weighted by atomic mass is 10.2. The average Bonchev–Trinajstić information content (AvgIpc) is 3.04. The zero-order valence-electron chi connectivity index (χ0n) is 15.7. The first kappa shape index (κ1) is 20.7. The van der Waals surface area contributed by atoms with E-state index in [0.29, 0.717) is 49.1 Å². The van der Waals surface area contributed by atoms with Crippen LogP contribution in [0, 0.1) is 6.92 Å². The Hall–Kier alpha value is -2.98. The van der Waals surface area contributed by atoms with Gasteiger partial charge in [0.05, 0.1) is 28.1 Å². The fourth-order valence-electron chi connectivity index (χ4n) is 2.63. The second-order valence-electron chi connectivity index (χ2n) is 5.83. The van der Waals surface area contributed by atoms with Crippen LogP contribution in [0.3, 0.4) is 0 Å². The predicted molar refractivity (Wildman–Crippen MR) is 118 cm³/mol. The number of ether oxygens (including phenoxy) is 2. The number of hydrazone groups is 1. The minimum Gasteiger partial charge on any atom is -0.493 e. The van der Waals surface area contributed by atoms with Crippen molar-refractivity contribution in [2.75, 3.05) is 19.5 Å². The van der Waals surface area contributed by atoms with Gasteiger partial charge in [0, 0.05) is 0 Å². The van der Waals surface area contributed by atoms with E-state index in [2.05, 4.69) is 43.0 Å². The number of nitrogens with zero attached hydrogens (tertiary/aromatic N) is 3. The van der Waals surface area contributed by atoms with Crippen molar-refractivity contribution in [1.82, 2.24) is 15.4 Å². The molecule has 10 heteroatoms. The number of fused-ring (bicyclic) bond motifs is 1. The van der Waals surface area contributed by atoms with Crippen molar-refractivity contribution in [1.29, 1.82) is 0 Å². The van der Waals surface area contributed by atoms with Crippen LogP contribution in [0.2, 0.25) is 0 Å². The molecule has 0 aliphatic carbocycles. The van der Waals surface area contributed by atoms with E-state index in [-0.39, 0.29) is 5.91 Å². The number of amides is 1. The van der Waals surface area contributed by atoms with Crippen molar-refractivity contribution in [2.24, 2.45) is 5.10 Å². The van der Waals surface area contributed by atoms with Gasteiger partial charge < -0.3 is 15.2 Å². The summed E-state index contributed by atoms with van der Waals surface area (Å²) in [4.78, 5) is 21.8. The number of aryl methyl sites for hydroxylation is 1. The molecule has 8 nitrogen and oxygen atoms in total. The summed E-state index contributed by atoms with van der Waals surface area (Å²) in [6, 6.07) is 3.55. The van der Waals surface area contributed by atoms with Crippen LogP contribution in [0.4, 0.5) is 5.82 Å². The highest BCUT2D eigenvalue weighted by Crippen LogP contribution is 2.36. The van der Waals surface area contributed by atoms with Crippen LogP contribution in [0.25, 0.3) is 10.2 Å². The Morgan fingerprint density at radius 3 is 2.93 bits per heavy atom. The van der Waals surface area contributed by atoms with Gasteiger partial charge in [-0.05, 0) is 46.1 Å². The van der Waals surface area contributed by atoms with Crippen LogP contribution in [0.1, 0.15) is 20.8 Å². The molecule has 0 aliphatic rings. The monoisotopic (exact) mass is 475 g/mol. The fraction of sp³-hybridized carbons (Fsp3) is 0.158. The van der Waals surface area contributed by atoms with E-state index in [0.717, 1.165) is 5.56 Å². The molecule has 0 atom stereocenters. The van der Waals surface area contributed by atoms with E-state index in [1.807, 2.05) is 0 Å². The Bertz CT molecular complexity index is 1110. The third-order valence-corrected chi connectivity index (χ3v) is 5.73. The normalized spacial score (nSPS) is 11.0. The standard InChI is InChI=1S/C19H18BrN5O3S/c1-4-5-28-15-12(20)6-11(7-13(15)27-3)8-24-25-18(26)16-10(2)14-17(21)22-9-23-19(14)29-16/h4,6-9H,1,5H2,2-3H3,(H,25,26)(H2,21,22,23)/b24-8-. The highest BCUT2D eigenvalue weighted by molar-refractivity contribution is 9.10. The van der Waals surface area contributed by atoms with Gasteiger partial charge in [0.15, 0.2) is 11.5 Å². The Labute approximate surface area is 179 Å². The lowest BCUT2D eigenvalue weighted by molar-refractivity contribution is 0.0958. The average molecular weight is 476 g/mol. The molecule has 0 saturated carbocycles. The molecule has 2 aromatic heterocycles. The Morgan fingerprint density at radius 1 is 1.45 bits per heavy atom. The number of benzene rings is 1. The fourth-order valence-corrected chi connectivity index (χ4v) is 4.25. The van der Waals surface area contributed by atoms with Gasteiger partial charge in [-0.15, -0.1) is 11.3 Å². The van der Waals surface area contributed by atoms with Gasteiger partial charge >= 0.3 is 0 Å². The van der Waals surface area contributed by atoms with Crippen molar-refractivity contribution < 1.29 is 14.3 Å². The van der Waals surface area contributed by atoms with Gasteiger partial charge in [0.1, 0.15) is 23.6 Å². The molecule has 0 spiro atoms. The maximum absolute atomic E-state index is 12.5. The van der Waals surface area contributed by atoms with Gasteiger partial charge in [0.2, 0.25) is 0 Å².